The molecule has 1 heterocycles. The molecule has 31 heavy (non-hydrogen) atoms. The Labute approximate surface area is 187 Å². The van der Waals surface area contributed by atoms with Gasteiger partial charge in [0.05, 0.1) is 18.9 Å². The highest BCUT2D eigenvalue weighted by Gasteiger charge is 2.04. The number of hydrogen-bond donors (Lipinski definition) is 0. The predicted molar refractivity (Wildman–Crippen MR) is 130 cm³/mol. The van der Waals surface area contributed by atoms with E-state index in [9.17, 15) is 0 Å². The van der Waals surface area contributed by atoms with E-state index in [1.807, 2.05) is 24.4 Å². The zero-order valence-corrected chi connectivity index (χ0v) is 19.0. The highest BCUT2D eigenvalue weighted by atomic mass is 16.5. The number of pyridine rings is 1. The van der Waals surface area contributed by atoms with Crippen LogP contribution in [-0.4, -0.2) is 18.2 Å². The van der Waals surface area contributed by atoms with E-state index < -0.39 is 0 Å². The Bertz CT molecular complexity index is 888. The number of unbranched alkanes of at least 4 members (excludes halogenated alkanes) is 5. The Morgan fingerprint density at radius 1 is 0.613 bits per heavy atom. The monoisotopic (exact) mass is 417 g/mol. The number of rotatable bonds is 13. The molecule has 2 aromatic carbocycles. The maximum Gasteiger partial charge on any atom is 0.119 e. The van der Waals surface area contributed by atoms with Gasteiger partial charge in [-0.1, -0.05) is 76.3 Å². The molecule has 0 radical (unpaired) electrons. The van der Waals surface area contributed by atoms with Gasteiger partial charge < -0.3 is 9.47 Å². The zero-order valence-electron chi connectivity index (χ0n) is 19.0. The zero-order chi connectivity index (χ0) is 21.7. The van der Waals surface area contributed by atoms with Gasteiger partial charge in [0.2, 0.25) is 0 Å². The maximum absolute atomic E-state index is 5.89. The summed E-state index contributed by atoms with van der Waals surface area (Å²) in [4.78, 5) is 4.67. The molecule has 0 spiro atoms. The van der Waals surface area contributed by atoms with Gasteiger partial charge in [-0.25, -0.2) is 0 Å². The van der Waals surface area contributed by atoms with Crippen molar-refractivity contribution in [1.82, 2.24) is 4.98 Å². The fourth-order valence-electron chi connectivity index (χ4n) is 3.52. The van der Waals surface area contributed by atoms with Crippen molar-refractivity contribution >= 4 is 0 Å². The molecule has 1 aromatic heterocycles. The van der Waals surface area contributed by atoms with Crippen LogP contribution in [0.2, 0.25) is 0 Å². The number of benzene rings is 2. The summed E-state index contributed by atoms with van der Waals surface area (Å²) in [5, 5.41) is 0. The summed E-state index contributed by atoms with van der Waals surface area (Å²) in [5.74, 6) is 1.83. The van der Waals surface area contributed by atoms with E-state index in [2.05, 4.69) is 61.3 Å². The third kappa shape index (κ3) is 7.43. The van der Waals surface area contributed by atoms with Crippen LogP contribution in [0.5, 0.6) is 11.5 Å². The second-order valence-electron chi connectivity index (χ2n) is 7.95. The minimum Gasteiger partial charge on any atom is -0.494 e. The van der Waals surface area contributed by atoms with Crippen molar-refractivity contribution in [3.05, 3.63) is 66.9 Å². The Hall–Kier alpha value is -2.81. The Morgan fingerprint density at radius 3 is 2.10 bits per heavy atom. The van der Waals surface area contributed by atoms with E-state index in [0.29, 0.717) is 0 Å². The molecule has 3 aromatic rings. The lowest BCUT2D eigenvalue weighted by Crippen LogP contribution is -1.97. The summed E-state index contributed by atoms with van der Waals surface area (Å²) in [6.45, 7) is 5.88. The van der Waals surface area contributed by atoms with Crippen LogP contribution < -0.4 is 9.47 Å². The van der Waals surface area contributed by atoms with Crippen LogP contribution in [0.3, 0.4) is 0 Å². The van der Waals surface area contributed by atoms with E-state index in [-0.39, 0.29) is 0 Å². The molecule has 0 atom stereocenters. The van der Waals surface area contributed by atoms with Gasteiger partial charge in [0.15, 0.2) is 0 Å². The van der Waals surface area contributed by atoms with Crippen molar-refractivity contribution in [2.24, 2.45) is 0 Å². The van der Waals surface area contributed by atoms with Crippen LogP contribution in [0, 0.1) is 0 Å². The molecule has 3 heteroatoms. The van der Waals surface area contributed by atoms with E-state index >= 15 is 0 Å². The highest BCUT2D eigenvalue weighted by molar-refractivity contribution is 5.67. The maximum atomic E-state index is 5.89. The summed E-state index contributed by atoms with van der Waals surface area (Å²) in [5.41, 5.74) is 4.26. The lowest BCUT2D eigenvalue weighted by atomic mass is 10.1. The van der Waals surface area contributed by atoms with Crippen LogP contribution in [0.15, 0.2) is 66.9 Å². The first-order valence-corrected chi connectivity index (χ1v) is 11.7. The molecule has 0 saturated carbocycles. The fourth-order valence-corrected chi connectivity index (χ4v) is 3.52. The third-order valence-corrected chi connectivity index (χ3v) is 5.32. The first kappa shape index (κ1) is 22.9. The Kier molecular flexibility index (Phi) is 9.43. The van der Waals surface area contributed by atoms with Crippen molar-refractivity contribution < 1.29 is 9.47 Å². The van der Waals surface area contributed by atoms with Crippen molar-refractivity contribution in [2.75, 3.05) is 13.2 Å². The molecule has 164 valence electrons. The molecule has 0 saturated heterocycles. The average Bonchev–Trinajstić information content (AvgIpc) is 2.83. The molecule has 0 aliphatic heterocycles. The van der Waals surface area contributed by atoms with E-state index in [1.165, 1.54) is 32.1 Å². The van der Waals surface area contributed by atoms with Crippen LogP contribution in [0.25, 0.3) is 22.4 Å². The number of nitrogens with zero attached hydrogens (tertiary/aromatic N) is 1. The van der Waals surface area contributed by atoms with Crippen molar-refractivity contribution in [3.63, 3.8) is 0 Å². The lowest BCUT2D eigenvalue weighted by Gasteiger charge is -2.09. The predicted octanol–water partition coefficient (Wildman–Crippen LogP) is 7.94. The third-order valence-electron chi connectivity index (χ3n) is 5.32. The van der Waals surface area contributed by atoms with Crippen molar-refractivity contribution in [3.8, 4) is 33.9 Å². The molecular formula is C28H35NO2. The minimum atomic E-state index is 0.731. The Balaban J connectivity index is 1.53. The standard InChI is InChI=1S/C28H35NO2/c1-3-5-6-7-8-9-20-31-26-16-13-23(14-17-26)25-15-18-28(29-22-25)24-11-10-12-27(21-24)30-19-4-2/h10-18,21-22H,3-9,19-20H2,1-2H3. The second-order valence-corrected chi connectivity index (χ2v) is 7.95. The largest absolute Gasteiger partial charge is 0.494 e. The van der Waals surface area contributed by atoms with E-state index in [0.717, 1.165) is 59.9 Å². The van der Waals surface area contributed by atoms with Gasteiger partial charge in [0.25, 0.3) is 0 Å². The van der Waals surface area contributed by atoms with Crippen molar-refractivity contribution in [2.45, 2.75) is 58.8 Å². The molecule has 0 fully saturated rings. The molecule has 0 aliphatic carbocycles. The first-order valence-electron chi connectivity index (χ1n) is 11.7. The summed E-state index contributed by atoms with van der Waals surface area (Å²) < 4.78 is 11.6. The number of ether oxygens (including phenoxy) is 2. The quantitative estimate of drug-likeness (QED) is 0.264. The van der Waals surface area contributed by atoms with Gasteiger partial charge in [-0.3, -0.25) is 4.98 Å². The SMILES string of the molecule is CCCCCCCCOc1ccc(-c2ccc(-c3cccc(OCCC)c3)nc2)cc1. The van der Waals surface area contributed by atoms with Gasteiger partial charge in [-0.2, -0.15) is 0 Å². The molecule has 0 bridgehead atoms. The van der Waals surface area contributed by atoms with Crippen LogP contribution in [0.1, 0.15) is 58.8 Å². The first-order chi connectivity index (χ1) is 15.3. The van der Waals surface area contributed by atoms with Gasteiger partial charge in [-0.15, -0.1) is 0 Å². The molecule has 3 nitrogen and oxygen atoms in total. The molecule has 3 rings (SSSR count). The van der Waals surface area contributed by atoms with Gasteiger partial charge in [0, 0.05) is 17.3 Å². The number of hydrogen-bond acceptors (Lipinski definition) is 3. The summed E-state index contributed by atoms with van der Waals surface area (Å²) in [6.07, 6.45) is 10.6. The van der Waals surface area contributed by atoms with Gasteiger partial charge in [-0.05, 0) is 48.7 Å². The van der Waals surface area contributed by atoms with Crippen LogP contribution >= 0.6 is 0 Å². The molecule has 0 unspecified atom stereocenters. The normalized spacial score (nSPS) is 10.8. The summed E-state index contributed by atoms with van der Waals surface area (Å²) >= 11 is 0. The summed E-state index contributed by atoms with van der Waals surface area (Å²) in [6, 6.07) is 20.6. The highest BCUT2D eigenvalue weighted by Crippen LogP contribution is 2.26. The second kappa shape index (κ2) is 12.8. The summed E-state index contributed by atoms with van der Waals surface area (Å²) in [7, 11) is 0. The molecular weight excluding hydrogens is 382 g/mol. The molecule has 0 aliphatic rings. The van der Waals surface area contributed by atoms with Crippen LogP contribution in [0.4, 0.5) is 0 Å². The molecule has 0 amide bonds. The minimum absolute atomic E-state index is 0.731. The average molecular weight is 418 g/mol. The fraction of sp³-hybridized carbons (Fsp3) is 0.393. The number of aromatic nitrogens is 1. The Morgan fingerprint density at radius 2 is 1.35 bits per heavy atom. The van der Waals surface area contributed by atoms with Crippen molar-refractivity contribution in [1.29, 1.82) is 0 Å². The van der Waals surface area contributed by atoms with Gasteiger partial charge in [0.1, 0.15) is 11.5 Å². The smallest absolute Gasteiger partial charge is 0.119 e. The molecule has 0 N–H and O–H groups in total. The van der Waals surface area contributed by atoms with Crippen LogP contribution in [-0.2, 0) is 0 Å². The lowest BCUT2D eigenvalue weighted by molar-refractivity contribution is 0.304. The van der Waals surface area contributed by atoms with E-state index in [1.54, 1.807) is 0 Å². The van der Waals surface area contributed by atoms with E-state index in [4.69, 9.17) is 9.47 Å². The van der Waals surface area contributed by atoms with Gasteiger partial charge >= 0.3 is 0 Å². The topological polar surface area (TPSA) is 31.4 Å².